The Morgan fingerprint density at radius 2 is 2.19 bits per heavy atom. The lowest BCUT2D eigenvalue weighted by Crippen LogP contribution is -2.14. The molecule has 0 aliphatic rings. The van der Waals surface area contributed by atoms with Crippen LogP contribution in [0, 0.1) is 6.92 Å². The Labute approximate surface area is 122 Å². The van der Waals surface area contributed by atoms with Gasteiger partial charge in [0.05, 0.1) is 25.4 Å². The average molecular weight is 287 g/mol. The number of ether oxygens (including phenoxy) is 1. The standard InChI is InChI=1S/C15H17N3O3/c1-11-4-3-5-12(6-11)7-14(19)17-13-8-16-18(9-13)10-15(20)21-2/h3-6,8-9H,7,10H2,1-2H3,(H,17,19). The van der Waals surface area contributed by atoms with Gasteiger partial charge in [-0.2, -0.15) is 5.10 Å². The van der Waals surface area contributed by atoms with Crippen LogP contribution < -0.4 is 5.32 Å². The molecule has 0 spiro atoms. The van der Waals surface area contributed by atoms with Crippen molar-refractivity contribution in [2.45, 2.75) is 19.9 Å². The second-order valence-electron chi connectivity index (χ2n) is 4.72. The van der Waals surface area contributed by atoms with Crippen LogP contribution in [-0.2, 0) is 27.3 Å². The first-order valence-electron chi connectivity index (χ1n) is 6.51. The van der Waals surface area contributed by atoms with Crippen LogP contribution in [0.4, 0.5) is 5.69 Å². The Bertz CT molecular complexity index is 649. The number of anilines is 1. The topological polar surface area (TPSA) is 73.2 Å². The highest BCUT2D eigenvalue weighted by atomic mass is 16.5. The number of rotatable bonds is 5. The molecule has 0 unspecified atom stereocenters. The number of aryl methyl sites for hydroxylation is 1. The molecule has 0 saturated heterocycles. The Kier molecular flexibility index (Phi) is 4.71. The van der Waals surface area contributed by atoms with Crippen LogP contribution in [0.15, 0.2) is 36.7 Å². The molecule has 110 valence electrons. The van der Waals surface area contributed by atoms with Gasteiger partial charge in [-0.3, -0.25) is 14.3 Å². The van der Waals surface area contributed by atoms with Gasteiger partial charge in [0, 0.05) is 6.20 Å². The second-order valence-corrected chi connectivity index (χ2v) is 4.72. The Balaban J connectivity index is 1.92. The maximum absolute atomic E-state index is 11.9. The van der Waals surface area contributed by atoms with Crippen LogP contribution in [0.3, 0.4) is 0 Å². The van der Waals surface area contributed by atoms with Gasteiger partial charge in [-0.05, 0) is 12.5 Å². The summed E-state index contributed by atoms with van der Waals surface area (Å²) in [6.45, 7) is 2.00. The van der Waals surface area contributed by atoms with E-state index in [0.717, 1.165) is 11.1 Å². The SMILES string of the molecule is COC(=O)Cn1cc(NC(=O)Cc2cccc(C)c2)cn1. The van der Waals surface area contributed by atoms with Crippen LogP contribution in [0.1, 0.15) is 11.1 Å². The van der Waals surface area contributed by atoms with E-state index in [2.05, 4.69) is 15.2 Å². The maximum atomic E-state index is 11.9. The van der Waals surface area contributed by atoms with Crippen molar-refractivity contribution in [2.24, 2.45) is 0 Å². The van der Waals surface area contributed by atoms with Crippen molar-refractivity contribution in [2.75, 3.05) is 12.4 Å². The number of esters is 1. The van der Waals surface area contributed by atoms with Crippen molar-refractivity contribution < 1.29 is 14.3 Å². The first-order valence-corrected chi connectivity index (χ1v) is 6.51. The van der Waals surface area contributed by atoms with E-state index in [1.54, 1.807) is 6.20 Å². The van der Waals surface area contributed by atoms with Crippen molar-refractivity contribution in [1.82, 2.24) is 9.78 Å². The van der Waals surface area contributed by atoms with Crippen molar-refractivity contribution in [3.8, 4) is 0 Å². The monoisotopic (exact) mass is 287 g/mol. The predicted octanol–water partition coefficient (Wildman–Crippen LogP) is 1.55. The summed E-state index contributed by atoms with van der Waals surface area (Å²) in [6.07, 6.45) is 3.38. The zero-order valence-corrected chi connectivity index (χ0v) is 12.0. The number of nitrogens with zero attached hydrogens (tertiary/aromatic N) is 2. The number of nitrogens with one attached hydrogen (secondary N) is 1. The molecule has 0 saturated carbocycles. The summed E-state index contributed by atoms with van der Waals surface area (Å²) in [4.78, 5) is 23.1. The van der Waals surface area contributed by atoms with Crippen LogP contribution in [-0.4, -0.2) is 28.8 Å². The summed E-state index contributed by atoms with van der Waals surface area (Å²) < 4.78 is 5.96. The molecule has 0 atom stereocenters. The lowest BCUT2D eigenvalue weighted by molar-refractivity contribution is -0.141. The van der Waals surface area contributed by atoms with Crippen LogP contribution >= 0.6 is 0 Å². The molecule has 0 radical (unpaired) electrons. The fourth-order valence-electron chi connectivity index (χ4n) is 1.92. The van der Waals surface area contributed by atoms with Gasteiger partial charge >= 0.3 is 5.97 Å². The van der Waals surface area contributed by atoms with E-state index in [4.69, 9.17) is 0 Å². The van der Waals surface area contributed by atoms with Gasteiger partial charge in [0.1, 0.15) is 6.54 Å². The summed E-state index contributed by atoms with van der Waals surface area (Å²) in [7, 11) is 1.32. The third-order valence-corrected chi connectivity index (χ3v) is 2.88. The summed E-state index contributed by atoms with van der Waals surface area (Å²) in [5.41, 5.74) is 2.62. The number of hydrogen-bond acceptors (Lipinski definition) is 4. The fraction of sp³-hybridized carbons (Fsp3) is 0.267. The average Bonchev–Trinajstić information content (AvgIpc) is 2.85. The zero-order valence-electron chi connectivity index (χ0n) is 12.0. The minimum atomic E-state index is -0.393. The summed E-state index contributed by atoms with van der Waals surface area (Å²) >= 11 is 0. The number of methoxy groups -OCH3 is 1. The summed E-state index contributed by atoms with van der Waals surface area (Å²) in [6, 6.07) is 7.79. The highest BCUT2D eigenvalue weighted by Crippen LogP contribution is 2.08. The number of benzene rings is 1. The van der Waals surface area contributed by atoms with Gasteiger partial charge in [-0.15, -0.1) is 0 Å². The lowest BCUT2D eigenvalue weighted by atomic mass is 10.1. The van der Waals surface area contributed by atoms with Gasteiger partial charge < -0.3 is 10.1 Å². The van der Waals surface area contributed by atoms with Crippen LogP contribution in [0.5, 0.6) is 0 Å². The normalized spacial score (nSPS) is 10.2. The smallest absolute Gasteiger partial charge is 0.327 e. The van der Waals surface area contributed by atoms with E-state index in [0.29, 0.717) is 12.1 Å². The minimum Gasteiger partial charge on any atom is -0.468 e. The molecule has 1 N–H and O–H groups in total. The fourth-order valence-corrected chi connectivity index (χ4v) is 1.92. The molecule has 1 aromatic carbocycles. The molecule has 1 amide bonds. The molecular formula is C15H17N3O3. The van der Waals surface area contributed by atoms with Crippen molar-refractivity contribution in [3.05, 3.63) is 47.8 Å². The second kappa shape index (κ2) is 6.69. The Hall–Kier alpha value is -2.63. The molecule has 2 rings (SSSR count). The highest BCUT2D eigenvalue weighted by molar-refractivity contribution is 5.92. The molecule has 0 fully saturated rings. The Morgan fingerprint density at radius 1 is 1.38 bits per heavy atom. The number of carbonyl (C=O) groups is 2. The number of carbonyl (C=O) groups excluding carboxylic acids is 2. The van der Waals surface area contributed by atoms with Crippen LogP contribution in [0.2, 0.25) is 0 Å². The zero-order chi connectivity index (χ0) is 15.2. The number of hydrogen-bond donors (Lipinski definition) is 1. The quantitative estimate of drug-likeness (QED) is 0.847. The molecule has 6 nitrogen and oxygen atoms in total. The van der Waals surface area contributed by atoms with E-state index in [1.807, 2.05) is 31.2 Å². The van der Waals surface area contributed by atoms with E-state index in [9.17, 15) is 9.59 Å². The molecule has 0 aliphatic carbocycles. The molecular weight excluding hydrogens is 270 g/mol. The molecule has 0 aliphatic heterocycles. The predicted molar refractivity (Wildman–Crippen MR) is 77.8 cm³/mol. The third kappa shape index (κ3) is 4.45. The molecule has 2 aromatic rings. The summed E-state index contributed by atoms with van der Waals surface area (Å²) in [5, 5.41) is 6.73. The van der Waals surface area contributed by atoms with Gasteiger partial charge in [0.15, 0.2) is 0 Å². The van der Waals surface area contributed by atoms with E-state index in [-0.39, 0.29) is 12.5 Å². The van der Waals surface area contributed by atoms with Gasteiger partial charge in [0.25, 0.3) is 0 Å². The largest absolute Gasteiger partial charge is 0.468 e. The summed E-state index contributed by atoms with van der Waals surface area (Å²) in [5.74, 6) is -0.519. The van der Waals surface area contributed by atoms with E-state index in [1.165, 1.54) is 18.0 Å². The van der Waals surface area contributed by atoms with E-state index >= 15 is 0 Å². The van der Waals surface area contributed by atoms with Crippen molar-refractivity contribution >= 4 is 17.6 Å². The number of aromatic nitrogens is 2. The minimum absolute atomic E-state index is 0.0181. The number of amides is 1. The van der Waals surface area contributed by atoms with Gasteiger partial charge in [-0.25, -0.2) is 0 Å². The molecule has 1 aromatic heterocycles. The Morgan fingerprint density at radius 3 is 2.90 bits per heavy atom. The first kappa shape index (κ1) is 14.8. The molecule has 21 heavy (non-hydrogen) atoms. The van der Waals surface area contributed by atoms with Crippen LogP contribution in [0.25, 0.3) is 0 Å². The lowest BCUT2D eigenvalue weighted by Gasteiger charge is -2.03. The van der Waals surface area contributed by atoms with Crippen molar-refractivity contribution in [1.29, 1.82) is 0 Å². The molecule has 6 heteroatoms. The molecule has 1 heterocycles. The van der Waals surface area contributed by atoms with Gasteiger partial charge in [0.2, 0.25) is 5.91 Å². The maximum Gasteiger partial charge on any atom is 0.327 e. The first-order chi connectivity index (χ1) is 10.1. The molecule has 0 bridgehead atoms. The van der Waals surface area contributed by atoms with Crippen molar-refractivity contribution in [3.63, 3.8) is 0 Å². The highest BCUT2D eigenvalue weighted by Gasteiger charge is 2.08. The third-order valence-electron chi connectivity index (χ3n) is 2.88. The van der Waals surface area contributed by atoms with E-state index < -0.39 is 5.97 Å². The van der Waals surface area contributed by atoms with Gasteiger partial charge in [-0.1, -0.05) is 29.8 Å².